The minimum absolute atomic E-state index is 0.0939. The van der Waals surface area contributed by atoms with Gasteiger partial charge < -0.3 is 4.74 Å². The number of hydrogen-bond acceptors (Lipinski definition) is 3. The van der Waals surface area contributed by atoms with E-state index < -0.39 is 0 Å². The lowest BCUT2D eigenvalue weighted by atomic mass is 9.94. The molecule has 3 heteroatoms. The second-order valence-electron chi connectivity index (χ2n) is 6.17. The molecule has 0 bridgehead atoms. The molecule has 1 aromatic carbocycles. The summed E-state index contributed by atoms with van der Waals surface area (Å²) in [6.45, 7) is 3.45. The molecule has 2 heterocycles. The second kappa shape index (κ2) is 4.99. The van der Waals surface area contributed by atoms with E-state index in [0.717, 1.165) is 25.0 Å². The minimum Gasteiger partial charge on any atom is -0.463 e. The first-order valence-electron chi connectivity index (χ1n) is 8.06. The highest BCUT2D eigenvalue weighted by molar-refractivity contribution is 6.03. The summed E-state index contributed by atoms with van der Waals surface area (Å²) >= 11 is 0. The van der Waals surface area contributed by atoms with Gasteiger partial charge in [0.05, 0.1) is 12.2 Å². The van der Waals surface area contributed by atoms with Crippen LogP contribution in [0.25, 0.3) is 5.57 Å². The van der Waals surface area contributed by atoms with Crippen LogP contribution in [0.3, 0.4) is 0 Å². The third-order valence-electron chi connectivity index (χ3n) is 5.12. The molecule has 2 aliphatic heterocycles. The third-order valence-corrected chi connectivity index (χ3v) is 5.12. The van der Waals surface area contributed by atoms with Gasteiger partial charge in [-0.05, 0) is 49.4 Å². The van der Waals surface area contributed by atoms with Crippen LogP contribution in [0.1, 0.15) is 37.3 Å². The molecule has 3 nitrogen and oxygen atoms in total. The fourth-order valence-electron chi connectivity index (χ4n) is 4.33. The van der Waals surface area contributed by atoms with E-state index in [0.29, 0.717) is 12.6 Å². The highest BCUT2D eigenvalue weighted by Gasteiger charge is 2.47. The maximum Gasteiger partial charge on any atom is 0.335 e. The van der Waals surface area contributed by atoms with Gasteiger partial charge in [0.15, 0.2) is 0 Å². The summed E-state index contributed by atoms with van der Waals surface area (Å²) < 4.78 is 5.37. The number of carbonyl (C=O) groups is 1. The molecule has 4 rings (SSSR count). The van der Waals surface area contributed by atoms with Crippen LogP contribution < -0.4 is 0 Å². The zero-order chi connectivity index (χ0) is 14.4. The Kier molecular flexibility index (Phi) is 3.11. The molecule has 3 aliphatic rings. The van der Waals surface area contributed by atoms with Gasteiger partial charge in [0.1, 0.15) is 0 Å². The SMILES string of the molecule is CCOC(=O)C1=C2c3ccccc3C[C@H]2N2CCCC[C@H]12. The third kappa shape index (κ3) is 1.87. The van der Waals surface area contributed by atoms with Gasteiger partial charge in [0.25, 0.3) is 0 Å². The van der Waals surface area contributed by atoms with E-state index in [2.05, 4.69) is 29.2 Å². The van der Waals surface area contributed by atoms with E-state index in [1.807, 2.05) is 6.92 Å². The number of carbonyl (C=O) groups excluding carboxylic acids is 1. The van der Waals surface area contributed by atoms with Crippen molar-refractivity contribution in [2.45, 2.75) is 44.7 Å². The van der Waals surface area contributed by atoms with Crippen molar-refractivity contribution in [2.75, 3.05) is 13.2 Å². The molecule has 0 N–H and O–H groups in total. The zero-order valence-electron chi connectivity index (χ0n) is 12.5. The highest BCUT2D eigenvalue weighted by atomic mass is 16.5. The van der Waals surface area contributed by atoms with Crippen LogP contribution in [0.15, 0.2) is 29.8 Å². The van der Waals surface area contributed by atoms with Crippen LogP contribution in [-0.4, -0.2) is 36.1 Å². The van der Waals surface area contributed by atoms with E-state index >= 15 is 0 Å². The number of hydrogen-bond donors (Lipinski definition) is 0. The topological polar surface area (TPSA) is 29.5 Å². The van der Waals surface area contributed by atoms with Crippen molar-refractivity contribution in [2.24, 2.45) is 0 Å². The molecule has 110 valence electrons. The van der Waals surface area contributed by atoms with E-state index in [4.69, 9.17) is 4.74 Å². The molecule has 0 spiro atoms. The molecule has 0 aromatic heterocycles. The molecule has 0 amide bonds. The Balaban J connectivity index is 1.85. The lowest BCUT2D eigenvalue weighted by Crippen LogP contribution is -2.43. The summed E-state index contributed by atoms with van der Waals surface area (Å²) in [6, 6.07) is 9.22. The second-order valence-corrected chi connectivity index (χ2v) is 6.17. The molecule has 0 radical (unpaired) electrons. The molecular formula is C18H21NO2. The van der Waals surface area contributed by atoms with E-state index in [9.17, 15) is 4.79 Å². The molecule has 21 heavy (non-hydrogen) atoms. The minimum atomic E-state index is -0.0939. The number of nitrogens with zero attached hydrogens (tertiary/aromatic N) is 1. The number of piperidine rings is 1. The summed E-state index contributed by atoms with van der Waals surface area (Å²) in [5.74, 6) is -0.0939. The fourth-order valence-corrected chi connectivity index (χ4v) is 4.33. The van der Waals surface area contributed by atoms with Crippen molar-refractivity contribution in [3.05, 3.63) is 41.0 Å². The molecule has 1 aromatic rings. The van der Waals surface area contributed by atoms with Gasteiger partial charge in [0.2, 0.25) is 0 Å². The quantitative estimate of drug-likeness (QED) is 0.782. The van der Waals surface area contributed by atoms with Crippen LogP contribution >= 0.6 is 0 Å². The molecule has 1 saturated heterocycles. The predicted molar refractivity (Wildman–Crippen MR) is 81.8 cm³/mol. The van der Waals surface area contributed by atoms with Gasteiger partial charge in [-0.15, -0.1) is 0 Å². The molecule has 0 saturated carbocycles. The molecule has 1 aliphatic carbocycles. The van der Waals surface area contributed by atoms with Crippen LogP contribution in [0, 0.1) is 0 Å². The lowest BCUT2D eigenvalue weighted by Gasteiger charge is -2.34. The number of rotatable bonds is 2. The molecule has 2 atom stereocenters. The van der Waals surface area contributed by atoms with Gasteiger partial charge in [0, 0.05) is 12.1 Å². The van der Waals surface area contributed by atoms with Crippen molar-refractivity contribution in [3.63, 3.8) is 0 Å². The molecule has 0 unspecified atom stereocenters. The van der Waals surface area contributed by atoms with Crippen molar-refractivity contribution < 1.29 is 9.53 Å². The summed E-state index contributed by atoms with van der Waals surface area (Å²) in [4.78, 5) is 15.1. The predicted octanol–water partition coefficient (Wildman–Crippen LogP) is 2.80. The Bertz CT molecular complexity index is 619. The van der Waals surface area contributed by atoms with Gasteiger partial charge in [-0.25, -0.2) is 4.79 Å². The summed E-state index contributed by atoms with van der Waals surface area (Å²) in [5, 5.41) is 0. The Morgan fingerprint density at radius 3 is 3.00 bits per heavy atom. The summed E-state index contributed by atoms with van der Waals surface area (Å²) in [5.41, 5.74) is 4.87. The van der Waals surface area contributed by atoms with Gasteiger partial charge >= 0.3 is 5.97 Å². The first-order chi connectivity index (χ1) is 10.3. The van der Waals surface area contributed by atoms with Gasteiger partial charge in [-0.3, -0.25) is 4.90 Å². The largest absolute Gasteiger partial charge is 0.463 e. The van der Waals surface area contributed by atoms with Crippen LogP contribution in [0.4, 0.5) is 0 Å². The van der Waals surface area contributed by atoms with Crippen molar-refractivity contribution in [1.82, 2.24) is 4.90 Å². The standard InChI is InChI=1S/C18H21NO2/c1-2-21-18(20)17-14-9-5-6-10-19(14)15-11-12-7-3-4-8-13(12)16(15)17/h3-4,7-8,14-15H,2,5-6,9-11H2,1H3/t14-,15-/m1/s1. The highest BCUT2D eigenvalue weighted by Crippen LogP contribution is 2.47. The lowest BCUT2D eigenvalue weighted by molar-refractivity contribution is -0.139. The van der Waals surface area contributed by atoms with E-state index in [-0.39, 0.29) is 12.0 Å². The number of benzene rings is 1. The van der Waals surface area contributed by atoms with Crippen molar-refractivity contribution in [3.8, 4) is 0 Å². The molecule has 1 fully saturated rings. The Hall–Kier alpha value is -1.61. The average Bonchev–Trinajstić information content (AvgIpc) is 3.02. The van der Waals surface area contributed by atoms with Crippen molar-refractivity contribution >= 4 is 11.5 Å². The fraction of sp³-hybridized carbons (Fsp3) is 0.500. The first kappa shape index (κ1) is 13.1. The number of fused-ring (bicyclic) bond motifs is 5. The Labute approximate surface area is 125 Å². The number of ether oxygens (including phenoxy) is 1. The maximum atomic E-state index is 12.5. The normalized spacial score (nSPS) is 27.3. The van der Waals surface area contributed by atoms with Gasteiger partial charge in [-0.1, -0.05) is 30.7 Å². The summed E-state index contributed by atoms with van der Waals surface area (Å²) in [6.07, 6.45) is 4.60. The van der Waals surface area contributed by atoms with E-state index in [1.165, 1.54) is 29.5 Å². The Morgan fingerprint density at radius 1 is 1.29 bits per heavy atom. The van der Waals surface area contributed by atoms with Crippen molar-refractivity contribution in [1.29, 1.82) is 0 Å². The maximum absolute atomic E-state index is 12.5. The monoisotopic (exact) mass is 283 g/mol. The number of esters is 1. The average molecular weight is 283 g/mol. The van der Waals surface area contributed by atoms with E-state index in [1.54, 1.807) is 0 Å². The zero-order valence-corrected chi connectivity index (χ0v) is 12.5. The Morgan fingerprint density at radius 2 is 2.14 bits per heavy atom. The van der Waals surface area contributed by atoms with Crippen LogP contribution in [0.5, 0.6) is 0 Å². The molecular weight excluding hydrogens is 262 g/mol. The smallest absolute Gasteiger partial charge is 0.335 e. The summed E-state index contributed by atoms with van der Waals surface area (Å²) in [7, 11) is 0. The van der Waals surface area contributed by atoms with Crippen LogP contribution in [0.2, 0.25) is 0 Å². The van der Waals surface area contributed by atoms with Gasteiger partial charge in [-0.2, -0.15) is 0 Å². The van der Waals surface area contributed by atoms with Crippen LogP contribution in [-0.2, 0) is 16.0 Å². The first-order valence-corrected chi connectivity index (χ1v) is 8.06.